The minimum Gasteiger partial charge on any atom is -0.497 e. The van der Waals surface area contributed by atoms with Crippen LogP contribution in [0.4, 0.5) is 0 Å². The maximum Gasteiger partial charge on any atom is 0.220 e. The maximum absolute atomic E-state index is 12.0. The Morgan fingerprint density at radius 2 is 1.72 bits per heavy atom. The zero-order chi connectivity index (χ0) is 18.1. The van der Waals surface area contributed by atoms with E-state index < -0.39 is 0 Å². The largest absolute Gasteiger partial charge is 0.497 e. The fourth-order valence-corrected chi connectivity index (χ4v) is 2.42. The number of methoxy groups -OCH3 is 2. The molecule has 0 saturated carbocycles. The van der Waals surface area contributed by atoms with Crippen molar-refractivity contribution in [1.29, 1.82) is 0 Å². The van der Waals surface area contributed by atoms with Crippen molar-refractivity contribution in [2.24, 2.45) is 0 Å². The molecule has 5 heteroatoms. The van der Waals surface area contributed by atoms with E-state index in [1.165, 1.54) is 0 Å². The van der Waals surface area contributed by atoms with Gasteiger partial charge in [-0.2, -0.15) is 0 Å². The second kappa shape index (κ2) is 9.57. The van der Waals surface area contributed by atoms with E-state index in [1.807, 2.05) is 49.4 Å². The Labute approximate surface area is 148 Å². The summed E-state index contributed by atoms with van der Waals surface area (Å²) in [5.74, 6) is 2.26. The number of nitrogens with one attached hydrogen (secondary N) is 1. The molecule has 5 nitrogen and oxygen atoms in total. The van der Waals surface area contributed by atoms with Crippen LogP contribution < -0.4 is 19.5 Å². The Morgan fingerprint density at radius 3 is 2.36 bits per heavy atom. The van der Waals surface area contributed by atoms with Crippen LogP contribution in [0.1, 0.15) is 17.5 Å². The van der Waals surface area contributed by atoms with E-state index in [1.54, 1.807) is 14.2 Å². The molecular weight excluding hydrogens is 318 g/mol. The van der Waals surface area contributed by atoms with Crippen molar-refractivity contribution in [1.82, 2.24) is 5.32 Å². The molecule has 0 saturated heterocycles. The van der Waals surface area contributed by atoms with E-state index in [-0.39, 0.29) is 5.91 Å². The van der Waals surface area contributed by atoms with E-state index in [9.17, 15) is 4.79 Å². The lowest BCUT2D eigenvalue weighted by Gasteiger charge is -2.10. The van der Waals surface area contributed by atoms with E-state index >= 15 is 0 Å². The highest BCUT2D eigenvalue weighted by molar-refractivity contribution is 5.76. The lowest BCUT2D eigenvalue weighted by atomic mass is 10.1. The first-order valence-corrected chi connectivity index (χ1v) is 8.29. The van der Waals surface area contributed by atoms with Crippen LogP contribution in [0.3, 0.4) is 0 Å². The first-order valence-electron chi connectivity index (χ1n) is 8.29. The average molecular weight is 343 g/mol. The van der Waals surface area contributed by atoms with Gasteiger partial charge >= 0.3 is 0 Å². The van der Waals surface area contributed by atoms with Gasteiger partial charge in [0.15, 0.2) is 0 Å². The summed E-state index contributed by atoms with van der Waals surface area (Å²) >= 11 is 0. The summed E-state index contributed by atoms with van der Waals surface area (Å²) in [5.41, 5.74) is 2.15. The summed E-state index contributed by atoms with van der Waals surface area (Å²) in [6.45, 7) is 2.94. The van der Waals surface area contributed by atoms with Crippen LogP contribution in [0, 0.1) is 6.92 Å². The molecule has 0 bridgehead atoms. The summed E-state index contributed by atoms with van der Waals surface area (Å²) in [7, 11) is 3.22. The van der Waals surface area contributed by atoms with Gasteiger partial charge in [0.2, 0.25) is 5.91 Å². The normalized spacial score (nSPS) is 10.2. The third kappa shape index (κ3) is 6.37. The lowest BCUT2D eigenvalue weighted by Crippen LogP contribution is -2.28. The minimum atomic E-state index is -0.00497. The van der Waals surface area contributed by atoms with Crippen LogP contribution in [0.5, 0.6) is 17.2 Å². The molecule has 1 N–H and O–H groups in total. The Morgan fingerprint density at radius 1 is 1.00 bits per heavy atom. The molecule has 0 heterocycles. The van der Waals surface area contributed by atoms with Gasteiger partial charge in [-0.3, -0.25) is 4.79 Å². The van der Waals surface area contributed by atoms with Crippen LogP contribution in [-0.4, -0.2) is 33.3 Å². The molecule has 134 valence electrons. The van der Waals surface area contributed by atoms with E-state index in [0.717, 1.165) is 28.4 Å². The van der Waals surface area contributed by atoms with E-state index in [2.05, 4.69) is 5.32 Å². The molecule has 0 unspecified atom stereocenters. The third-order valence-electron chi connectivity index (χ3n) is 3.73. The molecule has 0 aliphatic rings. The second-order valence-corrected chi connectivity index (χ2v) is 5.74. The summed E-state index contributed by atoms with van der Waals surface area (Å²) in [5, 5.41) is 2.87. The number of hydrogen-bond donors (Lipinski definition) is 1. The van der Waals surface area contributed by atoms with Gasteiger partial charge in [0.1, 0.15) is 23.9 Å². The number of ether oxygens (including phenoxy) is 3. The van der Waals surface area contributed by atoms with Gasteiger partial charge in [0.05, 0.1) is 20.8 Å². The SMILES string of the molecule is COc1cc(CCC(=O)NCCOc2cccc(C)c2)cc(OC)c1. The van der Waals surface area contributed by atoms with Gasteiger partial charge in [-0.05, 0) is 48.7 Å². The highest BCUT2D eigenvalue weighted by atomic mass is 16.5. The number of aryl methyl sites for hydroxylation is 2. The summed E-state index contributed by atoms with van der Waals surface area (Å²) < 4.78 is 16.1. The second-order valence-electron chi connectivity index (χ2n) is 5.74. The molecule has 2 rings (SSSR count). The van der Waals surface area contributed by atoms with Gasteiger partial charge in [-0.25, -0.2) is 0 Å². The van der Waals surface area contributed by atoms with Crippen molar-refractivity contribution in [3.8, 4) is 17.2 Å². The summed E-state index contributed by atoms with van der Waals surface area (Å²) in [4.78, 5) is 12.0. The van der Waals surface area contributed by atoms with Crippen LogP contribution in [0.2, 0.25) is 0 Å². The third-order valence-corrected chi connectivity index (χ3v) is 3.73. The van der Waals surface area contributed by atoms with E-state index in [0.29, 0.717) is 26.0 Å². The Balaban J connectivity index is 1.72. The van der Waals surface area contributed by atoms with Gasteiger partial charge < -0.3 is 19.5 Å². The van der Waals surface area contributed by atoms with Crippen molar-refractivity contribution in [2.75, 3.05) is 27.4 Å². The number of carbonyl (C=O) groups is 1. The molecule has 2 aromatic carbocycles. The minimum absolute atomic E-state index is 0.00497. The van der Waals surface area contributed by atoms with Crippen LogP contribution in [0.15, 0.2) is 42.5 Å². The van der Waals surface area contributed by atoms with Crippen LogP contribution in [0.25, 0.3) is 0 Å². The number of hydrogen-bond acceptors (Lipinski definition) is 4. The van der Waals surface area contributed by atoms with Crippen molar-refractivity contribution < 1.29 is 19.0 Å². The Hall–Kier alpha value is -2.69. The highest BCUT2D eigenvalue weighted by Crippen LogP contribution is 2.23. The molecule has 0 atom stereocenters. The molecule has 0 aliphatic heterocycles. The quantitative estimate of drug-likeness (QED) is 0.711. The molecule has 2 aromatic rings. The summed E-state index contributed by atoms with van der Waals surface area (Å²) in [6.07, 6.45) is 1.03. The molecule has 0 fully saturated rings. The van der Waals surface area contributed by atoms with Crippen molar-refractivity contribution in [2.45, 2.75) is 19.8 Å². The van der Waals surface area contributed by atoms with E-state index in [4.69, 9.17) is 14.2 Å². The molecule has 25 heavy (non-hydrogen) atoms. The Bertz CT molecular complexity index is 678. The standard InChI is InChI=1S/C20H25NO4/c1-15-5-4-6-17(11-15)25-10-9-21-20(22)8-7-16-12-18(23-2)14-19(13-16)24-3/h4-6,11-14H,7-10H2,1-3H3,(H,21,22). The summed E-state index contributed by atoms with van der Waals surface area (Å²) in [6, 6.07) is 13.5. The fraction of sp³-hybridized carbons (Fsp3) is 0.350. The predicted octanol–water partition coefficient (Wildman–Crippen LogP) is 3.14. The van der Waals surface area contributed by atoms with Crippen LogP contribution >= 0.6 is 0 Å². The van der Waals surface area contributed by atoms with Crippen molar-refractivity contribution in [3.05, 3.63) is 53.6 Å². The zero-order valence-corrected chi connectivity index (χ0v) is 15.0. The predicted molar refractivity (Wildman–Crippen MR) is 97.6 cm³/mol. The number of amides is 1. The van der Waals surface area contributed by atoms with Crippen LogP contribution in [-0.2, 0) is 11.2 Å². The van der Waals surface area contributed by atoms with Gasteiger partial charge in [-0.15, -0.1) is 0 Å². The molecular formula is C20H25NO4. The number of carbonyl (C=O) groups excluding carboxylic acids is 1. The number of benzene rings is 2. The lowest BCUT2D eigenvalue weighted by molar-refractivity contribution is -0.121. The maximum atomic E-state index is 12.0. The molecule has 1 amide bonds. The van der Waals surface area contributed by atoms with Gasteiger partial charge in [-0.1, -0.05) is 12.1 Å². The number of rotatable bonds is 9. The average Bonchev–Trinajstić information content (AvgIpc) is 2.63. The fourth-order valence-electron chi connectivity index (χ4n) is 2.42. The topological polar surface area (TPSA) is 56.8 Å². The molecule has 0 spiro atoms. The first kappa shape index (κ1) is 18.6. The zero-order valence-electron chi connectivity index (χ0n) is 15.0. The van der Waals surface area contributed by atoms with Gasteiger partial charge in [0.25, 0.3) is 0 Å². The molecule has 0 radical (unpaired) electrons. The molecule has 0 aliphatic carbocycles. The smallest absolute Gasteiger partial charge is 0.220 e. The monoisotopic (exact) mass is 343 g/mol. The van der Waals surface area contributed by atoms with Crippen molar-refractivity contribution >= 4 is 5.91 Å². The van der Waals surface area contributed by atoms with Gasteiger partial charge in [0, 0.05) is 12.5 Å². The first-order chi connectivity index (χ1) is 12.1. The highest BCUT2D eigenvalue weighted by Gasteiger charge is 2.06. The molecule has 0 aromatic heterocycles. The Kier molecular flexibility index (Phi) is 7.14. The van der Waals surface area contributed by atoms with Crippen molar-refractivity contribution in [3.63, 3.8) is 0 Å².